The molecule has 0 bridgehead atoms. The number of carbonyl (C=O) groups excluding carboxylic acids is 1. The third kappa shape index (κ3) is 2.68. The number of carbonyl (C=O) groups is 1. The Morgan fingerprint density at radius 1 is 1.26 bits per heavy atom. The quantitative estimate of drug-likeness (QED) is 0.375. The van der Waals surface area contributed by atoms with Gasteiger partial charge in [0.1, 0.15) is 0 Å². The van der Waals surface area contributed by atoms with Crippen molar-refractivity contribution in [2.75, 3.05) is 12.4 Å². The molecule has 2 aromatic rings. The van der Waals surface area contributed by atoms with Gasteiger partial charge in [0.25, 0.3) is 5.69 Å². The number of nitrogens with zero attached hydrogens (tertiary/aromatic N) is 1. The Bertz CT molecular complexity index is 967. The van der Waals surface area contributed by atoms with E-state index in [1.165, 1.54) is 7.11 Å². The number of anilines is 1. The zero-order chi connectivity index (χ0) is 19.1. The second-order valence-electron chi connectivity index (χ2n) is 7.00. The van der Waals surface area contributed by atoms with Crippen LogP contribution in [0.2, 0.25) is 0 Å². The molecule has 0 spiro atoms. The normalized spacial score (nSPS) is 22.5. The number of nitrogens with one attached hydrogen (secondary N) is 1. The average Bonchev–Trinajstić information content (AvgIpc) is 3.17. The summed E-state index contributed by atoms with van der Waals surface area (Å²) in [5.74, 6) is -0.250. The highest BCUT2D eigenvalue weighted by Gasteiger charge is 2.42. The van der Waals surface area contributed by atoms with Gasteiger partial charge in [0, 0.05) is 17.7 Å². The van der Waals surface area contributed by atoms with E-state index < -0.39 is 0 Å². The van der Waals surface area contributed by atoms with Crippen LogP contribution in [0.5, 0.6) is 0 Å². The van der Waals surface area contributed by atoms with Gasteiger partial charge in [-0.1, -0.05) is 36.4 Å². The number of nitro benzene ring substituents is 1. The fourth-order valence-corrected chi connectivity index (χ4v) is 4.37. The van der Waals surface area contributed by atoms with Crippen LogP contribution in [-0.4, -0.2) is 18.0 Å². The third-order valence-electron chi connectivity index (χ3n) is 5.60. The van der Waals surface area contributed by atoms with E-state index in [1.54, 1.807) is 18.2 Å². The Morgan fingerprint density at radius 2 is 2.04 bits per heavy atom. The largest absolute Gasteiger partial charge is 0.465 e. The second-order valence-corrected chi connectivity index (χ2v) is 7.00. The molecule has 138 valence electrons. The Hall–Kier alpha value is -3.15. The van der Waals surface area contributed by atoms with Crippen molar-refractivity contribution in [1.82, 2.24) is 0 Å². The Labute approximate surface area is 157 Å². The number of benzene rings is 2. The van der Waals surface area contributed by atoms with Gasteiger partial charge in [-0.25, -0.2) is 4.79 Å². The minimum Gasteiger partial charge on any atom is -0.465 e. The molecule has 1 heterocycles. The lowest BCUT2D eigenvalue weighted by Gasteiger charge is -2.38. The summed E-state index contributed by atoms with van der Waals surface area (Å²) in [6.45, 7) is 1.97. The van der Waals surface area contributed by atoms with Gasteiger partial charge >= 0.3 is 5.97 Å². The number of methoxy groups -OCH3 is 1. The molecule has 0 amide bonds. The molecule has 1 aliphatic heterocycles. The number of aryl methyl sites for hydroxylation is 1. The lowest BCUT2D eigenvalue weighted by atomic mass is 9.74. The van der Waals surface area contributed by atoms with Gasteiger partial charge in [-0.3, -0.25) is 10.1 Å². The Morgan fingerprint density at radius 3 is 2.78 bits per heavy atom. The number of esters is 1. The molecule has 2 aliphatic rings. The van der Waals surface area contributed by atoms with Crippen molar-refractivity contribution in [3.8, 4) is 0 Å². The summed E-state index contributed by atoms with van der Waals surface area (Å²) < 4.78 is 4.97. The van der Waals surface area contributed by atoms with E-state index in [0.29, 0.717) is 11.1 Å². The summed E-state index contributed by atoms with van der Waals surface area (Å²) in [7, 11) is 1.38. The standard InChI is InChI=1S/C21H20N2O4/c1-12-10-11-16(21(24)27-2)18-13-7-5-8-14(13)20(22-19(12)18)15-6-3-4-9-17(15)23(25)26/h3-7,9-11,13-14,20,22H,8H2,1-2H3/t13-,14+,20+/m1/s1. The third-order valence-corrected chi connectivity index (χ3v) is 5.60. The second kappa shape index (κ2) is 6.54. The number of allylic oxidation sites excluding steroid dienone is 2. The molecular weight excluding hydrogens is 344 g/mol. The highest BCUT2D eigenvalue weighted by atomic mass is 16.6. The maximum Gasteiger partial charge on any atom is 0.338 e. The van der Waals surface area contributed by atoms with Gasteiger partial charge in [0.2, 0.25) is 0 Å². The maximum atomic E-state index is 12.3. The number of nitro groups is 1. The first-order chi connectivity index (χ1) is 13.0. The molecule has 0 fully saturated rings. The summed E-state index contributed by atoms with van der Waals surface area (Å²) in [5.41, 5.74) is 4.14. The van der Waals surface area contributed by atoms with Crippen LogP contribution < -0.4 is 5.32 Å². The molecule has 0 aromatic heterocycles. The number of hydrogen-bond acceptors (Lipinski definition) is 5. The van der Waals surface area contributed by atoms with Gasteiger partial charge < -0.3 is 10.1 Å². The van der Waals surface area contributed by atoms with E-state index >= 15 is 0 Å². The van der Waals surface area contributed by atoms with E-state index in [4.69, 9.17) is 4.74 Å². The first-order valence-corrected chi connectivity index (χ1v) is 8.91. The average molecular weight is 364 g/mol. The van der Waals surface area contributed by atoms with E-state index in [0.717, 1.165) is 23.2 Å². The number of rotatable bonds is 3. The summed E-state index contributed by atoms with van der Waals surface area (Å²) in [5, 5.41) is 15.1. The van der Waals surface area contributed by atoms with E-state index in [9.17, 15) is 14.9 Å². The van der Waals surface area contributed by atoms with E-state index in [-0.39, 0.29) is 34.5 Å². The number of hydrogen-bond donors (Lipinski definition) is 1. The predicted octanol–water partition coefficient (Wildman–Crippen LogP) is 4.52. The highest BCUT2D eigenvalue weighted by molar-refractivity contribution is 5.94. The van der Waals surface area contributed by atoms with Crippen molar-refractivity contribution < 1.29 is 14.5 Å². The molecule has 0 saturated heterocycles. The van der Waals surface area contributed by atoms with Crippen molar-refractivity contribution in [2.24, 2.45) is 5.92 Å². The predicted molar refractivity (Wildman–Crippen MR) is 102 cm³/mol. The van der Waals surface area contributed by atoms with Crippen molar-refractivity contribution in [3.63, 3.8) is 0 Å². The molecule has 1 aliphatic carbocycles. The summed E-state index contributed by atoms with van der Waals surface area (Å²) in [4.78, 5) is 23.5. The summed E-state index contributed by atoms with van der Waals surface area (Å²) >= 11 is 0. The molecule has 0 unspecified atom stereocenters. The van der Waals surface area contributed by atoms with Crippen molar-refractivity contribution in [1.29, 1.82) is 0 Å². The van der Waals surface area contributed by atoms with Crippen LogP contribution in [0.1, 0.15) is 45.4 Å². The van der Waals surface area contributed by atoms with Gasteiger partial charge in [-0.05, 0) is 36.5 Å². The molecule has 2 aromatic carbocycles. The fourth-order valence-electron chi connectivity index (χ4n) is 4.37. The Balaban J connectivity index is 1.89. The number of fused-ring (bicyclic) bond motifs is 3. The Kier molecular flexibility index (Phi) is 4.18. The van der Waals surface area contributed by atoms with Crippen LogP contribution in [0.25, 0.3) is 0 Å². The molecule has 6 heteroatoms. The zero-order valence-electron chi connectivity index (χ0n) is 15.1. The van der Waals surface area contributed by atoms with Gasteiger partial charge in [-0.2, -0.15) is 0 Å². The zero-order valence-corrected chi connectivity index (χ0v) is 15.1. The minimum atomic E-state index is -0.365. The van der Waals surface area contributed by atoms with Crippen molar-refractivity contribution in [3.05, 3.63) is 80.9 Å². The summed E-state index contributed by atoms with van der Waals surface area (Å²) in [6.07, 6.45) is 5.00. The molecule has 6 nitrogen and oxygen atoms in total. The number of ether oxygens (including phenoxy) is 1. The van der Waals surface area contributed by atoms with E-state index in [1.807, 2.05) is 25.1 Å². The first-order valence-electron chi connectivity index (χ1n) is 8.91. The highest BCUT2D eigenvalue weighted by Crippen LogP contribution is 2.52. The smallest absolute Gasteiger partial charge is 0.338 e. The molecule has 4 rings (SSSR count). The van der Waals surface area contributed by atoms with E-state index in [2.05, 4.69) is 17.5 Å². The van der Waals surface area contributed by atoms with Crippen LogP contribution in [0.3, 0.4) is 0 Å². The molecule has 0 saturated carbocycles. The number of para-hydroxylation sites is 1. The lowest BCUT2D eigenvalue weighted by Crippen LogP contribution is -2.31. The van der Waals surface area contributed by atoms with Crippen LogP contribution in [0.4, 0.5) is 11.4 Å². The maximum absolute atomic E-state index is 12.3. The van der Waals surface area contributed by atoms with Crippen molar-refractivity contribution >= 4 is 17.3 Å². The SMILES string of the molecule is COC(=O)c1ccc(C)c2c1[C@@H]1C=CC[C@@H]1[C@@H](c1ccccc1[N+](=O)[O-])N2. The van der Waals surface area contributed by atoms with Crippen LogP contribution in [0.15, 0.2) is 48.6 Å². The fraction of sp³-hybridized carbons (Fsp3) is 0.286. The topological polar surface area (TPSA) is 81.5 Å². The van der Waals surface area contributed by atoms with Crippen molar-refractivity contribution in [2.45, 2.75) is 25.3 Å². The van der Waals surface area contributed by atoms with Crippen LogP contribution >= 0.6 is 0 Å². The van der Waals surface area contributed by atoms with Gasteiger partial charge in [-0.15, -0.1) is 0 Å². The monoisotopic (exact) mass is 364 g/mol. The minimum absolute atomic E-state index is 0.0139. The lowest BCUT2D eigenvalue weighted by molar-refractivity contribution is -0.385. The molecule has 1 N–H and O–H groups in total. The van der Waals surface area contributed by atoms with Crippen LogP contribution in [-0.2, 0) is 4.74 Å². The summed E-state index contributed by atoms with van der Waals surface area (Å²) in [6, 6.07) is 10.4. The first kappa shape index (κ1) is 17.3. The molecule has 27 heavy (non-hydrogen) atoms. The molecule has 0 radical (unpaired) electrons. The van der Waals surface area contributed by atoms with Crippen LogP contribution in [0, 0.1) is 23.0 Å². The van der Waals surface area contributed by atoms with Gasteiger partial charge in [0.15, 0.2) is 0 Å². The van der Waals surface area contributed by atoms with Gasteiger partial charge in [0.05, 0.1) is 29.2 Å². The molecule has 3 atom stereocenters. The molecular formula is C21H20N2O4.